The molecule has 1 aromatic carbocycles. The first-order valence-corrected chi connectivity index (χ1v) is 9.92. The number of hydrogen-bond acceptors (Lipinski definition) is 3. The van der Waals surface area contributed by atoms with E-state index in [0.29, 0.717) is 12.5 Å². The van der Waals surface area contributed by atoms with Gasteiger partial charge in [-0.15, -0.1) is 0 Å². The van der Waals surface area contributed by atoms with Crippen LogP contribution in [0.3, 0.4) is 0 Å². The average molecular weight is 368 g/mol. The molecule has 0 radical (unpaired) electrons. The Morgan fingerprint density at radius 3 is 2.67 bits per heavy atom. The number of carbonyl (C=O) groups excluding carboxylic acids is 2. The zero-order valence-electron chi connectivity index (χ0n) is 16.2. The Labute approximate surface area is 159 Å². The van der Waals surface area contributed by atoms with E-state index in [1.54, 1.807) is 0 Å². The van der Waals surface area contributed by atoms with E-state index < -0.39 is 0 Å². The minimum atomic E-state index is 0.118. The van der Waals surface area contributed by atoms with Crippen molar-refractivity contribution >= 4 is 22.7 Å². The summed E-state index contributed by atoms with van der Waals surface area (Å²) < 4.78 is 0. The molecule has 1 atom stereocenters. The Hall–Kier alpha value is -2.34. The van der Waals surface area contributed by atoms with Gasteiger partial charge in [-0.1, -0.05) is 0 Å². The molecule has 2 aliphatic heterocycles. The van der Waals surface area contributed by atoms with Crippen molar-refractivity contribution in [3.63, 3.8) is 0 Å². The van der Waals surface area contributed by atoms with Crippen LogP contribution < -0.4 is 5.32 Å². The van der Waals surface area contributed by atoms with Gasteiger partial charge in [-0.2, -0.15) is 0 Å². The summed E-state index contributed by atoms with van der Waals surface area (Å²) in [6, 6.07) is 6.40. The van der Waals surface area contributed by atoms with Gasteiger partial charge < -0.3 is 15.2 Å². The number of nitrogens with one attached hydrogen (secondary N) is 2. The number of carbonyl (C=O) groups is 2. The molecule has 0 saturated carbocycles. The topological polar surface area (TPSA) is 68.4 Å². The van der Waals surface area contributed by atoms with E-state index in [2.05, 4.69) is 29.0 Å². The highest BCUT2D eigenvalue weighted by atomic mass is 16.2. The van der Waals surface area contributed by atoms with E-state index in [4.69, 9.17) is 0 Å². The molecule has 0 aliphatic carbocycles. The van der Waals surface area contributed by atoms with Gasteiger partial charge >= 0.3 is 0 Å². The van der Waals surface area contributed by atoms with E-state index in [1.807, 2.05) is 23.1 Å². The highest BCUT2D eigenvalue weighted by Gasteiger charge is 2.28. The van der Waals surface area contributed by atoms with Crippen molar-refractivity contribution in [2.24, 2.45) is 0 Å². The molecule has 0 bridgehead atoms. The average Bonchev–Trinajstić information content (AvgIpc) is 2.84. The fourth-order valence-corrected chi connectivity index (χ4v) is 4.34. The zero-order chi connectivity index (χ0) is 19.0. The summed E-state index contributed by atoms with van der Waals surface area (Å²) in [5.41, 5.74) is 4.21. The number of benzene rings is 1. The molecule has 2 amide bonds. The van der Waals surface area contributed by atoms with Crippen molar-refractivity contribution in [2.75, 3.05) is 32.7 Å². The number of rotatable bonds is 2. The highest BCUT2D eigenvalue weighted by Crippen LogP contribution is 2.24. The monoisotopic (exact) mass is 368 g/mol. The van der Waals surface area contributed by atoms with Crippen LogP contribution >= 0.6 is 0 Å². The number of amides is 2. The first kappa shape index (κ1) is 18.0. The van der Waals surface area contributed by atoms with Crippen LogP contribution in [0, 0.1) is 13.8 Å². The van der Waals surface area contributed by atoms with Crippen LogP contribution in [0.5, 0.6) is 0 Å². The SMILES string of the molecule is Cc1[nH]c2ccc(C(=O)N3CCN(C4CCNC(=O)CC4)CC3)cc2c1C. The van der Waals surface area contributed by atoms with Gasteiger partial charge in [0.15, 0.2) is 0 Å². The zero-order valence-corrected chi connectivity index (χ0v) is 16.2. The lowest BCUT2D eigenvalue weighted by molar-refractivity contribution is -0.120. The number of aromatic nitrogens is 1. The van der Waals surface area contributed by atoms with Gasteiger partial charge in [-0.3, -0.25) is 14.5 Å². The summed E-state index contributed by atoms with van der Waals surface area (Å²) in [7, 11) is 0. The van der Waals surface area contributed by atoms with E-state index in [9.17, 15) is 9.59 Å². The van der Waals surface area contributed by atoms with Gasteiger partial charge in [0.05, 0.1) is 0 Å². The molecule has 2 aliphatic rings. The van der Waals surface area contributed by atoms with Gasteiger partial charge in [0.1, 0.15) is 0 Å². The second kappa shape index (κ2) is 7.35. The molecule has 2 fully saturated rings. The quantitative estimate of drug-likeness (QED) is 0.854. The second-order valence-electron chi connectivity index (χ2n) is 7.79. The maximum atomic E-state index is 13.0. The molecule has 144 valence electrons. The second-order valence-corrected chi connectivity index (χ2v) is 7.79. The van der Waals surface area contributed by atoms with Crippen LogP contribution in [-0.4, -0.2) is 65.4 Å². The van der Waals surface area contributed by atoms with Crippen LogP contribution in [0.1, 0.15) is 40.9 Å². The summed E-state index contributed by atoms with van der Waals surface area (Å²) >= 11 is 0. The first-order valence-electron chi connectivity index (χ1n) is 9.92. The fourth-order valence-electron chi connectivity index (χ4n) is 4.34. The van der Waals surface area contributed by atoms with Crippen molar-refractivity contribution < 1.29 is 9.59 Å². The molecule has 1 aromatic heterocycles. The van der Waals surface area contributed by atoms with Crippen LogP contribution in [0.15, 0.2) is 18.2 Å². The molecule has 0 spiro atoms. The van der Waals surface area contributed by atoms with Crippen molar-refractivity contribution in [2.45, 2.75) is 39.2 Å². The summed E-state index contributed by atoms with van der Waals surface area (Å²) in [5, 5.41) is 4.08. The van der Waals surface area contributed by atoms with E-state index >= 15 is 0 Å². The maximum absolute atomic E-state index is 13.0. The number of aryl methyl sites for hydroxylation is 2. The van der Waals surface area contributed by atoms with E-state index in [-0.39, 0.29) is 11.8 Å². The standard InChI is InChI=1S/C21H28N4O2/c1-14-15(2)23-19-5-3-16(13-18(14)19)21(27)25-11-9-24(10-12-25)17-4-6-20(26)22-8-7-17/h3,5,13,17,23H,4,6-12H2,1-2H3,(H,22,26). The van der Waals surface area contributed by atoms with Crippen molar-refractivity contribution in [1.82, 2.24) is 20.1 Å². The lowest BCUT2D eigenvalue weighted by atomic mass is 10.1. The molecule has 6 heteroatoms. The predicted molar refractivity (Wildman–Crippen MR) is 106 cm³/mol. The number of aromatic amines is 1. The molecule has 2 aromatic rings. The maximum Gasteiger partial charge on any atom is 0.253 e. The third-order valence-electron chi connectivity index (χ3n) is 6.18. The number of hydrogen-bond donors (Lipinski definition) is 2. The Morgan fingerprint density at radius 2 is 1.89 bits per heavy atom. The minimum absolute atomic E-state index is 0.118. The molecule has 2 N–H and O–H groups in total. The molecule has 4 rings (SSSR count). The normalized spacial score (nSPS) is 21.9. The highest BCUT2D eigenvalue weighted by molar-refractivity contribution is 5.99. The number of nitrogens with zero attached hydrogens (tertiary/aromatic N) is 2. The van der Waals surface area contributed by atoms with Crippen LogP contribution in [0.4, 0.5) is 0 Å². The number of H-pyrrole nitrogens is 1. The van der Waals surface area contributed by atoms with Gasteiger partial charge in [0, 0.05) is 67.3 Å². The molecular formula is C21H28N4O2. The van der Waals surface area contributed by atoms with Crippen LogP contribution in [0.2, 0.25) is 0 Å². The molecular weight excluding hydrogens is 340 g/mol. The van der Waals surface area contributed by atoms with E-state index in [1.165, 1.54) is 5.56 Å². The number of fused-ring (bicyclic) bond motifs is 1. The summed E-state index contributed by atoms with van der Waals surface area (Å²) in [6.07, 6.45) is 2.53. The van der Waals surface area contributed by atoms with Crippen molar-refractivity contribution in [3.8, 4) is 0 Å². The van der Waals surface area contributed by atoms with Crippen molar-refractivity contribution in [3.05, 3.63) is 35.0 Å². The third kappa shape index (κ3) is 3.58. The van der Waals surface area contributed by atoms with Gasteiger partial charge in [0.2, 0.25) is 5.91 Å². The largest absolute Gasteiger partial charge is 0.358 e. The predicted octanol–water partition coefficient (Wildman–Crippen LogP) is 2.21. The van der Waals surface area contributed by atoms with Crippen molar-refractivity contribution in [1.29, 1.82) is 0 Å². The summed E-state index contributed by atoms with van der Waals surface area (Å²) in [5.74, 6) is 0.282. The molecule has 27 heavy (non-hydrogen) atoms. The first-order chi connectivity index (χ1) is 13.0. The van der Waals surface area contributed by atoms with Gasteiger partial charge in [0.25, 0.3) is 5.91 Å². The van der Waals surface area contributed by atoms with E-state index in [0.717, 1.165) is 67.7 Å². The van der Waals surface area contributed by atoms with Crippen LogP contribution in [-0.2, 0) is 4.79 Å². The molecule has 3 heterocycles. The Kier molecular flexibility index (Phi) is 4.91. The Bertz CT molecular complexity index is 864. The minimum Gasteiger partial charge on any atom is -0.358 e. The lowest BCUT2D eigenvalue weighted by Crippen LogP contribution is -2.52. The van der Waals surface area contributed by atoms with Gasteiger partial charge in [-0.25, -0.2) is 0 Å². The van der Waals surface area contributed by atoms with Gasteiger partial charge in [-0.05, 0) is 50.5 Å². The summed E-state index contributed by atoms with van der Waals surface area (Å²) in [6.45, 7) is 8.18. The molecule has 1 unspecified atom stereocenters. The van der Waals surface area contributed by atoms with Crippen LogP contribution in [0.25, 0.3) is 10.9 Å². The fraction of sp³-hybridized carbons (Fsp3) is 0.524. The Morgan fingerprint density at radius 1 is 1.11 bits per heavy atom. The molecule has 2 saturated heterocycles. The Balaban J connectivity index is 1.41. The molecule has 6 nitrogen and oxygen atoms in total. The smallest absolute Gasteiger partial charge is 0.253 e. The summed E-state index contributed by atoms with van der Waals surface area (Å²) in [4.78, 5) is 32.3. The third-order valence-corrected chi connectivity index (χ3v) is 6.18. The lowest BCUT2D eigenvalue weighted by Gasteiger charge is -2.39. The number of piperazine rings is 1.